The van der Waals surface area contributed by atoms with E-state index in [0.717, 1.165) is 25.1 Å². The Bertz CT molecular complexity index is 1460. The number of aromatic amines is 1. The normalized spacial score (nSPS) is 22.2. The van der Waals surface area contributed by atoms with E-state index in [1.807, 2.05) is 6.07 Å². The van der Waals surface area contributed by atoms with Crippen molar-refractivity contribution in [2.24, 2.45) is 5.92 Å². The summed E-state index contributed by atoms with van der Waals surface area (Å²) in [5.41, 5.74) is 3.03. The highest BCUT2D eigenvalue weighted by Crippen LogP contribution is 2.45. The summed E-state index contributed by atoms with van der Waals surface area (Å²) in [7, 11) is 1.72. The van der Waals surface area contributed by atoms with Crippen LogP contribution in [0, 0.1) is 5.92 Å². The van der Waals surface area contributed by atoms with Crippen LogP contribution in [0.15, 0.2) is 40.2 Å². The molecule has 9 heteroatoms. The summed E-state index contributed by atoms with van der Waals surface area (Å²) in [5, 5.41) is 3.66. The molecule has 1 fully saturated rings. The van der Waals surface area contributed by atoms with Gasteiger partial charge in [0.15, 0.2) is 0 Å². The fourth-order valence-electron chi connectivity index (χ4n) is 5.56. The SMILES string of the molecule is COc1cccc2c1CCC1CNC(CCn3c(=O)[nH]c4c(sc5nccnc54)c3=O)C21. The van der Waals surface area contributed by atoms with Crippen molar-refractivity contribution in [3.63, 3.8) is 0 Å². The first kappa shape index (κ1) is 19.6. The molecule has 2 N–H and O–H groups in total. The second kappa shape index (κ2) is 7.53. The highest BCUT2D eigenvalue weighted by atomic mass is 32.1. The van der Waals surface area contributed by atoms with Crippen LogP contribution in [-0.2, 0) is 13.0 Å². The van der Waals surface area contributed by atoms with Crippen LogP contribution in [0.3, 0.4) is 0 Å². The number of aromatic nitrogens is 4. The van der Waals surface area contributed by atoms with Crippen LogP contribution in [0.4, 0.5) is 0 Å². The van der Waals surface area contributed by atoms with E-state index in [9.17, 15) is 9.59 Å². The minimum atomic E-state index is -0.395. The summed E-state index contributed by atoms with van der Waals surface area (Å²) in [6.45, 7) is 1.32. The number of hydrogen-bond donors (Lipinski definition) is 2. The molecule has 8 nitrogen and oxygen atoms in total. The molecule has 1 aromatic carbocycles. The maximum Gasteiger partial charge on any atom is 0.328 e. The summed E-state index contributed by atoms with van der Waals surface area (Å²) in [6.07, 6.45) is 6.01. The second-order valence-corrected chi connectivity index (χ2v) is 9.56. The van der Waals surface area contributed by atoms with Crippen molar-refractivity contribution in [2.45, 2.75) is 37.8 Å². The molecular weight excluding hydrogens is 426 g/mol. The van der Waals surface area contributed by atoms with Crippen molar-refractivity contribution in [2.75, 3.05) is 13.7 Å². The summed E-state index contributed by atoms with van der Waals surface area (Å²) in [5.74, 6) is 1.89. The molecule has 0 amide bonds. The van der Waals surface area contributed by atoms with Gasteiger partial charge < -0.3 is 15.0 Å². The number of hydrogen-bond acceptors (Lipinski definition) is 7. The first-order valence-electron chi connectivity index (χ1n) is 10.9. The van der Waals surface area contributed by atoms with E-state index >= 15 is 0 Å². The number of nitrogens with zero attached hydrogens (tertiary/aromatic N) is 3. The molecule has 4 heterocycles. The van der Waals surface area contributed by atoms with Crippen LogP contribution in [0.25, 0.3) is 20.6 Å². The maximum absolute atomic E-state index is 13.1. The molecule has 0 radical (unpaired) electrons. The Balaban J connectivity index is 1.33. The Labute approximate surface area is 187 Å². The van der Waals surface area contributed by atoms with Crippen LogP contribution in [-0.4, -0.2) is 39.2 Å². The molecule has 1 aliphatic carbocycles. The lowest BCUT2D eigenvalue weighted by Crippen LogP contribution is -2.37. The summed E-state index contributed by atoms with van der Waals surface area (Å²) in [4.78, 5) is 38.0. The smallest absolute Gasteiger partial charge is 0.328 e. The Morgan fingerprint density at radius 3 is 3.00 bits per heavy atom. The summed E-state index contributed by atoms with van der Waals surface area (Å²) >= 11 is 1.28. The minimum Gasteiger partial charge on any atom is -0.496 e. The summed E-state index contributed by atoms with van der Waals surface area (Å²) < 4.78 is 7.42. The molecule has 3 unspecified atom stereocenters. The largest absolute Gasteiger partial charge is 0.496 e. The number of rotatable bonds is 4. The van der Waals surface area contributed by atoms with E-state index in [2.05, 4.69) is 32.4 Å². The minimum absolute atomic E-state index is 0.207. The molecule has 164 valence electrons. The maximum atomic E-state index is 13.1. The highest BCUT2D eigenvalue weighted by molar-refractivity contribution is 7.25. The van der Waals surface area contributed by atoms with E-state index in [-0.39, 0.29) is 11.6 Å². The average molecular weight is 450 g/mol. The second-order valence-electron chi connectivity index (χ2n) is 8.56. The van der Waals surface area contributed by atoms with Gasteiger partial charge in [0, 0.05) is 30.9 Å². The molecule has 1 aliphatic heterocycles. The third kappa shape index (κ3) is 2.91. The van der Waals surface area contributed by atoms with Gasteiger partial charge in [-0.25, -0.2) is 14.8 Å². The molecule has 2 aliphatic rings. The van der Waals surface area contributed by atoms with Crippen LogP contribution < -0.4 is 21.3 Å². The Morgan fingerprint density at radius 1 is 1.25 bits per heavy atom. The third-order valence-corrected chi connectivity index (χ3v) is 8.08. The lowest BCUT2D eigenvalue weighted by molar-refractivity contribution is 0.371. The van der Waals surface area contributed by atoms with Crippen LogP contribution in [0.1, 0.15) is 29.9 Å². The molecule has 3 atom stereocenters. The van der Waals surface area contributed by atoms with Crippen molar-refractivity contribution >= 4 is 31.9 Å². The van der Waals surface area contributed by atoms with E-state index < -0.39 is 5.69 Å². The van der Waals surface area contributed by atoms with Crippen LogP contribution >= 0.6 is 11.3 Å². The zero-order valence-electron chi connectivity index (χ0n) is 17.6. The van der Waals surface area contributed by atoms with Crippen molar-refractivity contribution in [1.29, 1.82) is 0 Å². The Kier molecular flexibility index (Phi) is 4.62. The molecule has 32 heavy (non-hydrogen) atoms. The first-order chi connectivity index (χ1) is 15.7. The van der Waals surface area contributed by atoms with Gasteiger partial charge >= 0.3 is 5.69 Å². The quantitative estimate of drug-likeness (QED) is 0.496. The number of nitrogens with one attached hydrogen (secondary N) is 2. The lowest BCUT2D eigenvalue weighted by atomic mass is 9.73. The number of benzene rings is 1. The first-order valence-corrected chi connectivity index (χ1v) is 11.7. The van der Waals surface area contributed by atoms with Gasteiger partial charge in [0.05, 0.1) is 12.6 Å². The zero-order valence-corrected chi connectivity index (χ0v) is 18.4. The van der Waals surface area contributed by atoms with Crippen molar-refractivity contribution in [1.82, 2.24) is 24.8 Å². The summed E-state index contributed by atoms with van der Waals surface area (Å²) in [6, 6.07) is 6.50. The topological polar surface area (TPSA) is 102 Å². The van der Waals surface area contributed by atoms with Gasteiger partial charge in [0.2, 0.25) is 0 Å². The van der Waals surface area contributed by atoms with Gasteiger partial charge in [0.1, 0.15) is 20.8 Å². The highest BCUT2D eigenvalue weighted by Gasteiger charge is 2.40. The lowest BCUT2D eigenvalue weighted by Gasteiger charge is -2.32. The number of fused-ring (bicyclic) bond motifs is 6. The molecule has 0 bridgehead atoms. The predicted molar refractivity (Wildman–Crippen MR) is 124 cm³/mol. The van der Waals surface area contributed by atoms with E-state index in [0.29, 0.717) is 45.4 Å². The van der Waals surface area contributed by atoms with E-state index in [1.165, 1.54) is 27.0 Å². The van der Waals surface area contributed by atoms with Crippen molar-refractivity contribution in [3.05, 3.63) is 62.6 Å². The molecule has 3 aromatic heterocycles. The van der Waals surface area contributed by atoms with Crippen molar-refractivity contribution in [3.8, 4) is 5.75 Å². The standard InChI is InChI=1S/C23H23N5O3S/c1-31-16-4-2-3-14-13(16)6-5-12-11-26-15(17(12)14)7-10-28-22(29)20-18(27-23(28)30)19-21(32-20)25-9-8-24-19/h2-4,8-9,12,15,17,26H,5-7,10-11H2,1H3,(H,27,30). The Morgan fingerprint density at radius 2 is 2.12 bits per heavy atom. The van der Waals surface area contributed by atoms with E-state index in [4.69, 9.17) is 4.74 Å². The molecule has 6 rings (SSSR count). The monoisotopic (exact) mass is 449 g/mol. The predicted octanol–water partition coefficient (Wildman–Crippen LogP) is 2.41. The fraction of sp³-hybridized carbons (Fsp3) is 0.391. The van der Waals surface area contributed by atoms with Gasteiger partial charge in [-0.15, -0.1) is 11.3 Å². The Hall–Kier alpha value is -3.04. The van der Waals surface area contributed by atoms with Gasteiger partial charge in [-0.2, -0.15) is 0 Å². The molecule has 0 saturated carbocycles. The molecule has 0 spiro atoms. The molecular formula is C23H23N5O3S. The van der Waals surface area contributed by atoms with Crippen LogP contribution in [0.5, 0.6) is 5.75 Å². The number of thiophene rings is 1. The zero-order chi connectivity index (χ0) is 21.8. The number of methoxy groups -OCH3 is 1. The average Bonchev–Trinajstić information content (AvgIpc) is 3.40. The third-order valence-electron chi connectivity index (χ3n) is 7.00. The van der Waals surface area contributed by atoms with Crippen molar-refractivity contribution < 1.29 is 4.74 Å². The van der Waals surface area contributed by atoms with Gasteiger partial charge in [-0.1, -0.05) is 12.1 Å². The molecule has 4 aromatic rings. The van der Waals surface area contributed by atoms with Gasteiger partial charge in [-0.05, 0) is 48.9 Å². The number of ether oxygens (including phenoxy) is 1. The fourth-order valence-corrected chi connectivity index (χ4v) is 6.56. The van der Waals surface area contributed by atoms with Crippen LogP contribution in [0.2, 0.25) is 0 Å². The molecule has 1 saturated heterocycles. The van der Waals surface area contributed by atoms with Gasteiger partial charge in [-0.3, -0.25) is 9.36 Å². The van der Waals surface area contributed by atoms with E-state index in [1.54, 1.807) is 19.5 Å². The van der Waals surface area contributed by atoms with Gasteiger partial charge in [0.25, 0.3) is 5.56 Å². The number of H-pyrrole nitrogens is 1.